The smallest absolute Gasteiger partial charge is 0.326 e. The number of fused-ring (bicyclic) bond motifs is 2. The fraction of sp³-hybridized carbons (Fsp3) is 0.294. The van der Waals surface area contributed by atoms with Gasteiger partial charge < -0.3 is 53.2 Å². The molecule has 0 spiro atoms. The number of aliphatic carboxylic acids is 1. The predicted octanol–water partition coefficient (Wildman–Crippen LogP) is 0.320. The lowest BCUT2D eigenvalue weighted by atomic mass is 10.0. The number of rotatable bonds is 17. The number of aromatic amines is 3. The summed E-state index contributed by atoms with van der Waals surface area (Å²) in [6.07, 6.45) is 7.10. The highest BCUT2D eigenvalue weighted by atomic mass is 16.4. The van der Waals surface area contributed by atoms with Crippen molar-refractivity contribution < 1.29 is 24.3 Å². The second-order valence-electron chi connectivity index (χ2n) is 12.0. The summed E-state index contributed by atoms with van der Waals surface area (Å²) in [4.78, 5) is 70.5. The molecule has 4 unspecified atom stereocenters. The van der Waals surface area contributed by atoms with E-state index in [2.05, 4.69) is 40.9 Å². The topological polar surface area (TPSA) is 275 Å². The quantitative estimate of drug-likeness (QED) is 0.0367. The molecule has 16 heteroatoms. The van der Waals surface area contributed by atoms with E-state index in [1.807, 2.05) is 48.5 Å². The summed E-state index contributed by atoms with van der Waals surface area (Å²) in [6, 6.07) is 10.4. The first-order chi connectivity index (χ1) is 24.1. The number of benzene rings is 2. The van der Waals surface area contributed by atoms with Crippen molar-refractivity contribution in [1.82, 2.24) is 35.9 Å². The van der Waals surface area contributed by atoms with Crippen LogP contribution in [0.5, 0.6) is 0 Å². The van der Waals surface area contributed by atoms with Crippen LogP contribution in [0, 0.1) is 0 Å². The Morgan fingerprint density at radius 1 is 0.760 bits per heavy atom. The number of nitrogens with one attached hydrogen (secondary N) is 6. The van der Waals surface area contributed by atoms with Gasteiger partial charge >= 0.3 is 5.97 Å². The molecule has 0 bridgehead atoms. The molecular formula is C34H41N11O5. The minimum atomic E-state index is -1.32. The van der Waals surface area contributed by atoms with Crippen LogP contribution >= 0.6 is 0 Å². The SMILES string of the molecule is NC(N)=NCCCC(N)C(=O)NC(Cc1c[nH]c2ccccc12)C(=O)NC(Cc1c[nH]c2ccccc12)C(=O)NC(Cc1cnc[nH]1)C(=O)O. The summed E-state index contributed by atoms with van der Waals surface area (Å²) < 4.78 is 0. The third-order valence-corrected chi connectivity index (χ3v) is 8.36. The number of guanidine groups is 1. The van der Waals surface area contributed by atoms with Crippen LogP contribution in [0.3, 0.4) is 0 Å². The molecule has 13 N–H and O–H groups in total. The monoisotopic (exact) mass is 683 g/mol. The van der Waals surface area contributed by atoms with Crippen LogP contribution in [-0.4, -0.2) is 85.4 Å². The van der Waals surface area contributed by atoms with Crippen LogP contribution in [0.15, 0.2) is 78.4 Å². The number of aliphatic imine (C=N–C) groups is 1. The number of nitrogens with two attached hydrogens (primary N) is 3. The molecule has 0 saturated carbocycles. The van der Waals surface area contributed by atoms with Gasteiger partial charge in [0.15, 0.2) is 5.96 Å². The number of imidazole rings is 1. The third-order valence-electron chi connectivity index (χ3n) is 8.36. The molecule has 0 aliphatic heterocycles. The van der Waals surface area contributed by atoms with Gasteiger partial charge in [-0.3, -0.25) is 19.4 Å². The number of carbonyl (C=O) groups excluding carboxylic acids is 3. The van der Waals surface area contributed by atoms with Gasteiger partial charge in [-0.25, -0.2) is 9.78 Å². The fourth-order valence-electron chi connectivity index (χ4n) is 5.75. The van der Waals surface area contributed by atoms with Crippen molar-refractivity contribution in [3.8, 4) is 0 Å². The van der Waals surface area contributed by atoms with Gasteiger partial charge in [-0.05, 0) is 36.1 Å². The van der Waals surface area contributed by atoms with Gasteiger partial charge in [0.1, 0.15) is 18.1 Å². The number of aromatic nitrogens is 4. The molecule has 0 radical (unpaired) electrons. The van der Waals surface area contributed by atoms with Crippen LogP contribution in [-0.2, 0) is 38.4 Å². The number of H-pyrrole nitrogens is 3. The van der Waals surface area contributed by atoms with Crippen molar-refractivity contribution in [2.75, 3.05) is 6.54 Å². The summed E-state index contributed by atoms with van der Waals surface area (Å²) >= 11 is 0. The van der Waals surface area contributed by atoms with Crippen LogP contribution in [0.4, 0.5) is 0 Å². The van der Waals surface area contributed by atoms with Gasteiger partial charge in [0.25, 0.3) is 0 Å². The molecule has 0 fully saturated rings. The normalized spacial score (nSPS) is 13.6. The molecule has 0 aliphatic rings. The Balaban J connectivity index is 1.40. The minimum Gasteiger partial charge on any atom is -0.480 e. The predicted molar refractivity (Wildman–Crippen MR) is 188 cm³/mol. The summed E-state index contributed by atoms with van der Waals surface area (Å²) in [5.74, 6) is -3.28. The van der Waals surface area contributed by atoms with Crippen molar-refractivity contribution in [1.29, 1.82) is 0 Å². The largest absolute Gasteiger partial charge is 0.480 e. The zero-order chi connectivity index (χ0) is 35.6. The minimum absolute atomic E-state index is 0.0238. The Labute approximate surface area is 286 Å². The molecule has 3 amide bonds. The number of para-hydroxylation sites is 2. The van der Waals surface area contributed by atoms with E-state index >= 15 is 0 Å². The lowest BCUT2D eigenvalue weighted by Gasteiger charge is -2.25. The lowest BCUT2D eigenvalue weighted by Crippen LogP contribution is -2.58. The lowest BCUT2D eigenvalue weighted by molar-refractivity contribution is -0.142. The van der Waals surface area contributed by atoms with E-state index in [9.17, 15) is 24.3 Å². The maximum absolute atomic E-state index is 14.1. The number of carboxylic acid groups (broad SMARTS) is 1. The van der Waals surface area contributed by atoms with Crippen LogP contribution in [0.2, 0.25) is 0 Å². The Morgan fingerprint density at radius 2 is 1.30 bits per heavy atom. The first-order valence-electron chi connectivity index (χ1n) is 16.1. The molecule has 3 heterocycles. The van der Waals surface area contributed by atoms with Gasteiger partial charge in [-0.15, -0.1) is 0 Å². The molecule has 16 nitrogen and oxygen atoms in total. The fourth-order valence-corrected chi connectivity index (χ4v) is 5.75. The Hall–Kier alpha value is -6.16. The van der Waals surface area contributed by atoms with Crippen molar-refractivity contribution in [2.24, 2.45) is 22.2 Å². The van der Waals surface area contributed by atoms with Crippen LogP contribution in [0.25, 0.3) is 21.8 Å². The highest BCUT2D eigenvalue weighted by Gasteiger charge is 2.32. The molecule has 262 valence electrons. The van der Waals surface area contributed by atoms with E-state index in [1.165, 1.54) is 12.5 Å². The van der Waals surface area contributed by atoms with E-state index in [1.54, 1.807) is 12.4 Å². The Kier molecular flexibility index (Phi) is 11.5. The molecule has 50 heavy (non-hydrogen) atoms. The maximum Gasteiger partial charge on any atom is 0.326 e. The third kappa shape index (κ3) is 9.04. The molecule has 0 saturated heterocycles. The van der Waals surface area contributed by atoms with E-state index in [0.717, 1.165) is 32.9 Å². The first kappa shape index (κ1) is 35.2. The molecule has 0 aliphatic carbocycles. The number of hydrogen-bond donors (Lipinski definition) is 10. The van der Waals surface area contributed by atoms with Gasteiger partial charge in [0.05, 0.1) is 12.4 Å². The van der Waals surface area contributed by atoms with Gasteiger partial charge in [0.2, 0.25) is 17.7 Å². The first-order valence-corrected chi connectivity index (χ1v) is 16.1. The van der Waals surface area contributed by atoms with Crippen molar-refractivity contribution in [2.45, 2.75) is 56.3 Å². The molecule has 5 rings (SSSR count). The highest BCUT2D eigenvalue weighted by Crippen LogP contribution is 2.21. The van der Waals surface area contributed by atoms with Crippen molar-refractivity contribution in [3.63, 3.8) is 0 Å². The molecule has 2 aromatic carbocycles. The van der Waals surface area contributed by atoms with Crippen molar-refractivity contribution >= 4 is 51.5 Å². The zero-order valence-electron chi connectivity index (χ0n) is 27.2. The number of carboxylic acids is 1. The summed E-state index contributed by atoms with van der Waals surface area (Å²) in [7, 11) is 0. The van der Waals surface area contributed by atoms with Gasteiger partial charge in [0, 0.05) is 71.9 Å². The molecule has 4 atom stereocenters. The number of nitrogens with zero attached hydrogens (tertiary/aromatic N) is 2. The molecule has 3 aromatic heterocycles. The highest BCUT2D eigenvalue weighted by molar-refractivity contribution is 5.95. The van der Waals surface area contributed by atoms with Crippen molar-refractivity contribution in [3.05, 3.63) is 90.3 Å². The maximum atomic E-state index is 14.1. The van der Waals surface area contributed by atoms with E-state index in [0.29, 0.717) is 12.1 Å². The van der Waals surface area contributed by atoms with E-state index in [-0.39, 0.29) is 38.2 Å². The van der Waals surface area contributed by atoms with Gasteiger partial charge in [-0.1, -0.05) is 36.4 Å². The standard InChI is InChI=1S/C34H41N11O5/c35-24(8-5-11-39-34(36)37)30(46)43-27(12-19-15-40-25-9-3-1-6-22(19)25)31(47)44-28(13-20-16-41-26-10-4-2-7-23(20)26)32(48)45-29(33(49)50)14-21-17-38-18-42-21/h1-4,6-7,9-10,15-18,24,27-29,40-41H,5,8,11-14,35H2,(H,38,42)(H,43,46)(H,44,47)(H,45,48)(H,49,50)(H4,36,37,39). The average Bonchev–Trinajstić information content (AvgIpc) is 3.86. The second kappa shape index (κ2) is 16.3. The van der Waals surface area contributed by atoms with Gasteiger partial charge in [-0.2, -0.15) is 0 Å². The number of carbonyl (C=O) groups is 4. The summed E-state index contributed by atoms with van der Waals surface area (Å²) in [6.45, 7) is 0.283. The average molecular weight is 684 g/mol. The number of amides is 3. The zero-order valence-corrected chi connectivity index (χ0v) is 27.2. The Morgan fingerprint density at radius 3 is 1.82 bits per heavy atom. The van der Waals surface area contributed by atoms with Crippen LogP contribution < -0.4 is 33.2 Å². The number of hydrogen-bond acceptors (Lipinski definition) is 7. The Bertz CT molecular complexity index is 1960. The molecular weight excluding hydrogens is 642 g/mol. The summed E-state index contributed by atoms with van der Waals surface area (Å²) in [5, 5.41) is 19.8. The molecule has 5 aromatic rings. The second-order valence-corrected chi connectivity index (χ2v) is 12.0. The van der Waals surface area contributed by atoms with Crippen LogP contribution in [0.1, 0.15) is 29.7 Å². The summed E-state index contributed by atoms with van der Waals surface area (Å²) in [5.41, 5.74) is 20.6. The van der Waals surface area contributed by atoms with E-state index in [4.69, 9.17) is 17.2 Å². The van der Waals surface area contributed by atoms with E-state index < -0.39 is 47.9 Å².